The zero-order chi connectivity index (χ0) is 22.8. The fourth-order valence-electron chi connectivity index (χ4n) is 3.10. The molecule has 31 heavy (non-hydrogen) atoms. The number of benzene rings is 1. The summed E-state index contributed by atoms with van der Waals surface area (Å²) in [5, 5.41) is 7.35. The Morgan fingerprint density at radius 1 is 1.19 bits per heavy atom. The van der Waals surface area contributed by atoms with E-state index < -0.39 is 23.2 Å². The highest BCUT2D eigenvalue weighted by molar-refractivity contribution is 5.74. The maximum atomic E-state index is 13.2. The molecule has 1 fully saturated rings. The molecule has 0 aliphatic carbocycles. The molecule has 0 saturated carbocycles. The second-order valence-electron chi connectivity index (χ2n) is 7.91. The number of alkyl halides is 3. The number of aldehydes is 1. The molecule has 1 aromatic carbocycles. The smallest absolute Gasteiger partial charge is 0.314 e. The van der Waals surface area contributed by atoms with E-state index in [1.54, 1.807) is 0 Å². The van der Waals surface area contributed by atoms with E-state index in [1.165, 1.54) is 18.7 Å². The number of nitrogens with zero attached hydrogens (tertiary/aromatic N) is 4. The van der Waals surface area contributed by atoms with Crippen LogP contribution in [0, 0.1) is 5.82 Å². The Labute approximate surface area is 176 Å². The van der Waals surface area contributed by atoms with Crippen LogP contribution in [0.3, 0.4) is 0 Å². The lowest BCUT2D eigenvalue weighted by atomic mass is 10.0. The molecule has 1 saturated heterocycles. The molecule has 0 atom stereocenters. The van der Waals surface area contributed by atoms with Gasteiger partial charge >= 0.3 is 6.18 Å². The Kier molecular flexibility index (Phi) is 6.42. The highest BCUT2D eigenvalue weighted by Crippen LogP contribution is 2.34. The number of carbonyl (C=O) groups excluding carboxylic acids is 1. The summed E-state index contributed by atoms with van der Waals surface area (Å²) in [7, 11) is 2.18. The number of fused-ring (bicyclic) bond motifs is 1. The van der Waals surface area contributed by atoms with Crippen molar-refractivity contribution in [1.29, 1.82) is 0 Å². The lowest BCUT2D eigenvalue weighted by Crippen LogP contribution is -2.55. The van der Waals surface area contributed by atoms with Gasteiger partial charge in [-0.05, 0) is 51.2 Å². The minimum absolute atomic E-state index is 0.00493. The van der Waals surface area contributed by atoms with Crippen LogP contribution >= 0.6 is 0 Å². The average Bonchev–Trinajstić information content (AvgIpc) is 3.13. The Balaban J connectivity index is 0.000000254. The second kappa shape index (κ2) is 8.72. The topological polar surface area (TPSA) is 62.5 Å². The van der Waals surface area contributed by atoms with E-state index in [0.717, 1.165) is 42.0 Å². The number of hydrogen-bond acceptors (Lipinski definition) is 5. The van der Waals surface area contributed by atoms with Crippen LogP contribution in [0.15, 0.2) is 36.5 Å². The Morgan fingerprint density at radius 2 is 1.87 bits per heavy atom. The molecule has 1 aliphatic rings. The molecule has 0 radical (unpaired) electrons. The van der Waals surface area contributed by atoms with Crippen LogP contribution < -0.4 is 5.32 Å². The number of rotatable bonds is 2. The Hall–Kier alpha value is -2.85. The maximum absolute atomic E-state index is 13.2. The summed E-state index contributed by atoms with van der Waals surface area (Å²) in [6, 6.07) is 5.71. The molecule has 3 heterocycles. The van der Waals surface area contributed by atoms with Gasteiger partial charge < -0.3 is 5.32 Å². The van der Waals surface area contributed by atoms with E-state index >= 15 is 0 Å². The summed E-state index contributed by atoms with van der Waals surface area (Å²) in [6.07, 6.45) is -3.22. The summed E-state index contributed by atoms with van der Waals surface area (Å²) in [5.74, 6) is -0.508. The van der Waals surface area contributed by atoms with E-state index in [9.17, 15) is 22.4 Å². The van der Waals surface area contributed by atoms with Crippen molar-refractivity contribution in [3.05, 3.63) is 53.6 Å². The summed E-state index contributed by atoms with van der Waals surface area (Å²) in [6.45, 7) is 7.95. The molecule has 3 aromatic rings. The normalized spacial score (nSPS) is 16.6. The predicted octanol–water partition coefficient (Wildman–Crippen LogP) is 3.67. The van der Waals surface area contributed by atoms with Gasteiger partial charge in [-0.3, -0.25) is 9.69 Å². The molecule has 166 valence electrons. The van der Waals surface area contributed by atoms with Gasteiger partial charge in [0.25, 0.3) is 0 Å². The van der Waals surface area contributed by atoms with Crippen LogP contribution in [0.25, 0.3) is 16.9 Å². The first-order valence-electron chi connectivity index (χ1n) is 9.62. The Morgan fingerprint density at radius 3 is 2.39 bits per heavy atom. The molecule has 0 bridgehead atoms. The Bertz CT molecular complexity index is 1060. The summed E-state index contributed by atoms with van der Waals surface area (Å²) >= 11 is 0. The van der Waals surface area contributed by atoms with Crippen molar-refractivity contribution in [3.8, 4) is 11.3 Å². The van der Waals surface area contributed by atoms with Gasteiger partial charge in [0.2, 0.25) is 0 Å². The van der Waals surface area contributed by atoms with Gasteiger partial charge in [0.05, 0.1) is 11.9 Å². The van der Waals surface area contributed by atoms with Crippen LogP contribution in [-0.4, -0.2) is 58.0 Å². The fraction of sp³-hybridized carbons (Fsp3) is 0.381. The maximum Gasteiger partial charge on any atom is 0.420 e. The number of imidazole rings is 1. The molecule has 2 aromatic heterocycles. The van der Waals surface area contributed by atoms with Crippen molar-refractivity contribution < 1.29 is 22.4 Å². The van der Waals surface area contributed by atoms with Crippen molar-refractivity contribution in [2.75, 3.05) is 26.7 Å². The molecule has 4 rings (SSSR count). The SMILES string of the molecule is CN1CCNCC1(C)C.O=Cc1cn2nc(-c3ccc(F)cc3)cc(C(F)(F)F)c2n1. The summed E-state index contributed by atoms with van der Waals surface area (Å²) in [5.41, 5.74) is -0.965. The van der Waals surface area contributed by atoms with Crippen molar-refractivity contribution in [2.45, 2.75) is 25.6 Å². The molecule has 1 aliphatic heterocycles. The third-order valence-electron chi connectivity index (χ3n) is 5.23. The summed E-state index contributed by atoms with van der Waals surface area (Å²) < 4.78 is 53.3. The molecular formula is C21H23F4N5O. The third-order valence-corrected chi connectivity index (χ3v) is 5.23. The molecule has 0 spiro atoms. The van der Waals surface area contributed by atoms with Crippen LogP contribution in [0.5, 0.6) is 0 Å². The van der Waals surface area contributed by atoms with Crippen molar-refractivity contribution in [3.63, 3.8) is 0 Å². The van der Waals surface area contributed by atoms with E-state index in [4.69, 9.17) is 0 Å². The quantitative estimate of drug-likeness (QED) is 0.490. The number of likely N-dealkylation sites (N-methyl/N-ethyl adjacent to an activating group) is 1. The minimum atomic E-state index is -4.66. The lowest BCUT2D eigenvalue weighted by Gasteiger charge is -2.40. The van der Waals surface area contributed by atoms with Gasteiger partial charge in [0, 0.05) is 30.7 Å². The zero-order valence-electron chi connectivity index (χ0n) is 17.4. The van der Waals surface area contributed by atoms with Gasteiger partial charge in [-0.15, -0.1) is 0 Å². The highest BCUT2D eigenvalue weighted by Gasteiger charge is 2.35. The minimum Gasteiger partial charge on any atom is -0.314 e. The van der Waals surface area contributed by atoms with Crippen molar-refractivity contribution in [2.24, 2.45) is 0 Å². The molecule has 0 amide bonds. The number of carbonyl (C=O) groups is 1. The number of nitrogens with one attached hydrogen (secondary N) is 1. The van der Waals surface area contributed by atoms with Gasteiger partial charge in [-0.1, -0.05) is 0 Å². The molecule has 10 heteroatoms. The van der Waals surface area contributed by atoms with Gasteiger partial charge in [0.1, 0.15) is 17.1 Å². The van der Waals surface area contributed by atoms with Gasteiger partial charge in [-0.2, -0.15) is 18.3 Å². The van der Waals surface area contributed by atoms with Crippen LogP contribution in [0.2, 0.25) is 0 Å². The number of hydrogen-bond donors (Lipinski definition) is 1. The van der Waals surface area contributed by atoms with E-state index in [-0.39, 0.29) is 11.4 Å². The predicted molar refractivity (Wildman–Crippen MR) is 108 cm³/mol. The lowest BCUT2D eigenvalue weighted by molar-refractivity contribution is -0.136. The first-order valence-corrected chi connectivity index (χ1v) is 9.62. The highest BCUT2D eigenvalue weighted by atomic mass is 19.4. The molecular weight excluding hydrogens is 414 g/mol. The second-order valence-corrected chi connectivity index (χ2v) is 7.91. The fourth-order valence-corrected chi connectivity index (χ4v) is 3.10. The third kappa shape index (κ3) is 5.26. The first-order chi connectivity index (χ1) is 14.5. The first kappa shape index (κ1) is 22.8. The monoisotopic (exact) mass is 437 g/mol. The van der Waals surface area contributed by atoms with E-state index in [2.05, 4.69) is 41.2 Å². The molecule has 0 unspecified atom stereocenters. The van der Waals surface area contributed by atoms with Gasteiger partial charge in [-0.25, -0.2) is 13.9 Å². The largest absolute Gasteiger partial charge is 0.420 e. The molecule has 6 nitrogen and oxygen atoms in total. The van der Waals surface area contributed by atoms with E-state index in [0.29, 0.717) is 17.4 Å². The van der Waals surface area contributed by atoms with Crippen molar-refractivity contribution in [1.82, 2.24) is 24.8 Å². The number of aromatic nitrogens is 3. The van der Waals surface area contributed by atoms with E-state index in [1.807, 2.05) is 0 Å². The number of halogens is 4. The zero-order valence-corrected chi connectivity index (χ0v) is 17.4. The van der Waals surface area contributed by atoms with Crippen molar-refractivity contribution >= 4 is 11.9 Å². The van der Waals surface area contributed by atoms with Gasteiger partial charge in [0.15, 0.2) is 11.9 Å². The standard InChI is InChI=1S/C14H7F4N3O.C7H16N2/c15-9-3-1-8(2-4-9)12-5-11(14(16,17)18)13-19-10(7-22)6-21(13)20-12;1-7(2)6-8-4-5-9(7)3/h1-7H;8H,4-6H2,1-3H3. The summed E-state index contributed by atoms with van der Waals surface area (Å²) in [4.78, 5) is 16.7. The molecule has 1 N–H and O–H groups in total. The van der Waals surface area contributed by atoms with Crippen LogP contribution in [-0.2, 0) is 6.18 Å². The average molecular weight is 437 g/mol. The van der Waals surface area contributed by atoms with Crippen LogP contribution in [0.4, 0.5) is 17.6 Å². The van der Waals surface area contributed by atoms with Crippen LogP contribution in [0.1, 0.15) is 29.9 Å². The number of piperazine rings is 1.